The zero-order valence-corrected chi connectivity index (χ0v) is 23.0. The molecule has 4 aromatic rings. The maximum Gasteiger partial charge on any atom is 0.491 e. The fourth-order valence-corrected chi connectivity index (χ4v) is 5.09. The molecule has 1 aliphatic heterocycles. The van der Waals surface area contributed by atoms with Crippen LogP contribution in [-0.2, 0) is 19.9 Å². The molecule has 42 heavy (non-hydrogen) atoms. The van der Waals surface area contributed by atoms with E-state index in [1.807, 2.05) is 48.2 Å². The van der Waals surface area contributed by atoms with Gasteiger partial charge in [-0.2, -0.15) is 13.2 Å². The zero-order valence-electron chi connectivity index (χ0n) is 23.0. The molecule has 5 rings (SSSR count). The summed E-state index contributed by atoms with van der Waals surface area (Å²) >= 11 is 0. The average Bonchev–Trinajstić information content (AvgIpc) is 2.93. The number of carbonyl (C=O) groups is 2. The third-order valence-electron chi connectivity index (χ3n) is 7.29. The van der Waals surface area contributed by atoms with Crippen molar-refractivity contribution in [2.45, 2.75) is 31.7 Å². The maximum atomic E-state index is 13.2. The van der Waals surface area contributed by atoms with Crippen molar-refractivity contribution in [1.82, 2.24) is 0 Å². The van der Waals surface area contributed by atoms with Gasteiger partial charge >= 0.3 is 18.1 Å². The highest BCUT2D eigenvalue weighted by Crippen LogP contribution is 2.39. The predicted octanol–water partition coefficient (Wildman–Crippen LogP) is 5.88. The fraction of sp³-hybridized carbons (Fsp3) is 0.258. The number of nitrogens with one attached hydrogen (secondary N) is 1. The van der Waals surface area contributed by atoms with Crippen LogP contribution in [0.4, 0.5) is 24.7 Å². The van der Waals surface area contributed by atoms with Gasteiger partial charge in [0.15, 0.2) is 11.3 Å². The molecular formula is C31H27F3N2O6. The van der Waals surface area contributed by atoms with Crippen molar-refractivity contribution in [3.8, 4) is 0 Å². The van der Waals surface area contributed by atoms with E-state index >= 15 is 0 Å². The van der Waals surface area contributed by atoms with E-state index in [-0.39, 0.29) is 16.7 Å². The van der Waals surface area contributed by atoms with Gasteiger partial charge in [0.25, 0.3) is 0 Å². The number of anilines is 2. The van der Waals surface area contributed by atoms with Crippen molar-refractivity contribution >= 4 is 34.5 Å². The van der Waals surface area contributed by atoms with E-state index < -0.39 is 29.8 Å². The molecule has 1 fully saturated rings. The Bertz CT molecular complexity index is 1710. The van der Waals surface area contributed by atoms with Gasteiger partial charge in [0.2, 0.25) is 0 Å². The van der Waals surface area contributed by atoms with Crippen LogP contribution < -0.4 is 15.6 Å². The van der Waals surface area contributed by atoms with Crippen LogP contribution in [0.3, 0.4) is 0 Å². The van der Waals surface area contributed by atoms with Crippen LogP contribution in [0.5, 0.6) is 0 Å². The number of hydrogen-bond donors (Lipinski definition) is 1. The van der Waals surface area contributed by atoms with E-state index in [4.69, 9.17) is 9.15 Å². The van der Waals surface area contributed by atoms with Gasteiger partial charge in [-0.05, 0) is 43.2 Å². The number of hydrogen-bond acceptors (Lipinski definition) is 8. The second-order valence-electron chi connectivity index (χ2n) is 10.2. The summed E-state index contributed by atoms with van der Waals surface area (Å²) in [6, 6.07) is 19.9. The first-order valence-electron chi connectivity index (χ1n) is 13.0. The number of fused-ring (bicyclic) bond motifs is 1. The zero-order chi connectivity index (χ0) is 30.2. The highest BCUT2D eigenvalue weighted by atomic mass is 19.4. The number of nitrogens with zero attached hydrogens (tertiary/aromatic N) is 1. The number of benzene rings is 3. The summed E-state index contributed by atoms with van der Waals surface area (Å²) in [4.78, 5) is 38.8. The summed E-state index contributed by atoms with van der Waals surface area (Å²) in [5.41, 5.74) is 1.77. The van der Waals surface area contributed by atoms with Crippen LogP contribution in [0.1, 0.15) is 40.0 Å². The number of esters is 2. The van der Waals surface area contributed by atoms with E-state index in [0.29, 0.717) is 35.5 Å². The third-order valence-corrected chi connectivity index (χ3v) is 7.29. The van der Waals surface area contributed by atoms with Crippen molar-refractivity contribution in [2.75, 3.05) is 30.4 Å². The first kappa shape index (κ1) is 28.9. The molecule has 8 nitrogen and oxygen atoms in total. The van der Waals surface area contributed by atoms with Crippen LogP contribution in [0.2, 0.25) is 0 Å². The lowest BCUT2D eigenvalue weighted by Gasteiger charge is -2.49. The molecular weight excluding hydrogens is 553 g/mol. The molecule has 11 heteroatoms. The Morgan fingerprint density at radius 3 is 2.36 bits per heavy atom. The smallest absolute Gasteiger partial charge is 0.440 e. The first-order valence-corrected chi connectivity index (χ1v) is 13.0. The molecule has 0 bridgehead atoms. The van der Waals surface area contributed by atoms with E-state index in [1.54, 1.807) is 26.2 Å². The summed E-state index contributed by atoms with van der Waals surface area (Å²) in [7, 11) is 1.64. The lowest BCUT2D eigenvalue weighted by molar-refractivity contribution is -0.193. The molecule has 0 amide bonds. The summed E-state index contributed by atoms with van der Waals surface area (Å²) in [5, 5.41) is 3.44. The number of methoxy groups -OCH3 is 1. The summed E-state index contributed by atoms with van der Waals surface area (Å²) in [5.74, 6) is -3.69. The Morgan fingerprint density at radius 2 is 1.69 bits per heavy atom. The topological polar surface area (TPSA) is 98.1 Å². The number of aryl methyl sites for hydroxylation is 1. The van der Waals surface area contributed by atoms with Gasteiger partial charge in [-0.1, -0.05) is 48.5 Å². The Balaban J connectivity index is 1.45. The first-order chi connectivity index (χ1) is 19.9. The van der Waals surface area contributed by atoms with Crippen LogP contribution in [-0.4, -0.2) is 38.3 Å². The largest absolute Gasteiger partial charge is 0.491 e. The summed E-state index contributed by atoms with van der Waals surface area (Å²) < 4.78 is 54.2. The van der Waals surface area contributed by atoms with Gasteiger partial charge in [0.1, 0.15) is 11.2 Å². The SMILES string of the molecule is COC1(c2ccccc2)CN(c2cc(=O)c3cc(C)cc(C(C)Nc4ccccc4C(=O)OC(=O)C(F)(F)F)c3o2)C1. The molecule has 3 aromatic carbocycles. The minimum atomic E-state index is -5.32. The van der Waals surface area contributed by atoms with E-state index in [9.17, 15) is 27.6 Å². The molecule has 1 saturated heterocycles. The highest BCUT2D eigenvalue weighted by Gasteiger charge is 2.46. The van der Waals surface area contributed by atoms with Crippen molar-refractivity contribution < 1.29 is 36.7 Å². The molecule has 1 unspecified atom stereocenters. The summed E-state index contributed by atoms with van der Waals surface area (Å²) in [6.07, 6.45) is -5.32. The molecule has 0 spiro atoms. The lowest BCUT2D eigenvalue weighted by atomic mass is 9.86. The normalized spacial score (nSPS) is 15.1. The van der Waals surface area contributed by atoms with E-state index in [2.05, 4.69) is 10.1 Å². The quantitative estimate of drug-likeness (QED) is 0.214. The van der Waals surface area contributed by atoms with Gasteiger partial charge < -0.3 is 24.1 Å². The van der Waals surface area contributed by atoms with Gasteiger partial charge in [-0.25, -0.2) is 9.59 Å². The van der Waals surface area contributed by atoms with Crippen molar-refractivity contribution in [2.24, 2.45) is 0 Å². The maximum absolute atomic E-state index is 13.2. The minimum absolute atomic E-state index is 0.133. The Hall–Kier alpha value is -4.64. The van der Waals surface area contributed by atoms with Crippen LogP contribution in [0, 0.1) is 6.92 Å². The van der Waals surface area contributed by atoms with Gasteiger partial charge in [0, 0.05) is 24.4 Å². The number of carbonyl (C=O) groups excluding carboxylic acids is 2. The third kappa shape index (κ3) is 5.47. The predicted molar refractivity (Wildman–Crippen MR) is 150 cm³/mol. The van der Waals surface area contributed by atoms with Gasteiger partial charge in [-0.3, -0.25) is 4.79 Å². The molecule has 218 valence electrons. The molecule has 1 N–H and O–H groups in total. The van der Waals surface area contributed by atoms with Gasteiger partial charge in [-0.15, -0.1) is 0 Å². The molecule has 0 aliphatic carbocycles. The summed E-state index contributed by atoms with van der Waals surface area (Å²) in [6.45, 7) is 4.49. The highest BCUT2D eigenvalue weighted by molar-refractivity contribution is 6.02. The lowest BCUT2D eigenvalue weighted by Crippen LogP contribution is -2.60. The Morgan fingerprint density at radius 1 is 1.02 bits per heavy atom. The Labute approximate surface area is 238 Å². The number of rotatable bonds is 7. The minimum Gasteiger partial charge on any atom is -0.440 e. The van der Waals surface area contributed by atoms with Crippen LogP contribution >= 0.6 is 0 Å². The average molecular weight is 581 g/mol. The molecule has 0 radical (unpaired) electrons. The van der Waals surface area contributed by atoms with Crippen molar-refractivity contribution in [1.29, 1.82) is 0 Å². The fourth-order valence-electron chi connectivity index (χ4n) is 5.09. The van der Waals surface area contributed by atoms with Crippen LogP contribution in [0.25, 0.3) is 11.0 Å². The second kappa shape index (κ2) is 11.0. The molecule has 0 saturated carbocycles. The second-order valence-corrected chi connectivity index (χ2v) is 10.2. The van der Waals surface area contributed by atoms with Crippen molar-refractivity contribution in [3.63, 3.8) is 0 Å². The molecule has 1 aliphatic rings. The van der Waals surface area contributed by atoms with E-state index in [1.165, 1.54) is 24.3 Å². The standard InChI is InChI=1S/C31H27F3N2O6/c1-18-13-22(19(2)35-24-12-8-7-11-21(24)28(38)42-29(39)31(32,33)34)27-23(14-18)25(37)15-26(41-27)36-16-30(17-36,40-3)20-9-5-4-6-10-20/h4-15,19,35H,16-17H2,1-3H3. The monoisotopic (exact) mass is 580 g/mol. The van der Waals surface area contributed by atoms with Crippen molar-refractivity contribution in [3.05, 3.63) is 105 Å². The number of halogens is 3. The van der Waals surface area contributed by atoms with Gasteiger partial charge in [0.05, 0.1) is 30.1 Å². The molecule has 1 aromatic heterocycles. The number of para-hydroxylation sites is 1. The van der Waals surface area contributed by atoms with E-state index in [0.717, 1.165) is 11.1 Å². The molecule has 2 heterocycles. The number of ether oxygens (including phenoxy) is 2. The molecule has 1 atom stereocenters. The number of alkyl halides is 3. The Kier molecular flexibility index (Phi) is 7.55. The van der Waals surface area contributed by atoms with Crippen LogP contribution in [0.15, 0.2) is 82.0 Å².